The summed E-state index contributed by atoms with van der Waals surface area (Å²) in [5.41, 5.74) is -0.0502. The van der Waals surface area contributed by atoms with Crippen LogP contribution in [0.15, 0.2) is 12.4 Å². The van der Waals surface area contributed by atoms with Gasteiger partial charge in [-0.25, -0.2) is 9.97 Å². The lowest BCUT2D eigenvalue weighted by Crippen LogP contribution is -2.41. The number of nitrogens with one attached hydrogen (secondary N) is 1. The number of carboxylic acids is 1. The van der Waals surface area contributed by atoms with E-state index in [9.17, 15) is 14.7 Å². The van der Waals surface area contributed by atoms with Gasteiger partial charge in [0.2, 0.25) is 11.9 Å². The van der Waals surface area contributed by atoms with Crippen LogP contribution in [0, 0.1) is 17.3 Å². The fourth-order valence-electron chi connectivity index (χ4n) is 4.24. The normalized spacial score (nSPS) is 28.4. The molecule has 3 heterocycles. The number of aromatic nitrogens is 2. The van der Waals surface area contributed by atoms with Crippen LogP contribution in [0.25, 0.3) is 0 Å². The van der Waals surface area contributed by atoms with E-state index in [0.29, 0.717) is 38.0 Å². The first-order chi connectivity index (χ1) is 12.5. The maximum Gasteiger partial charge on any atom is 0.313 e. The third-order valence-electron chi connectivity index (χ3n) is 5.74. The molecule has 3 fully saturated rings. The van der Waals surface area contributed by atoms with Crippen LogP contribution in [0.3, 0.4) is 0 Å². The molecule has 1 saturated carbocycles. The lowest BCUT2D eigenvalue weighted by molar-refractivity contribution is -0.149. The molecule has 2 saturated heterocycles. The molecule has 0 unspecified atom stereocenters. The molecule has 0 aromatic carbocycles. The van der Waals surface area contributed by atoms with Gasteiger partial charge in [0.1, 0.15) is 5.41 Å². The van der Waals surface area contributed by atoms with Crippen LogP contribution in [0.2, 0.25) is 0 Å². The number of carboxylic acid groups (broad SMARTS) is 1. The Balaban J connectivity index is 1.45. The van der Waals surface area contributed by atoms with Crippen molar-refractivity contribution in [3.8, 4) is 0 Å². The summed E-state index contributed by atoms with van der Waals surface area (Å²) in [7, 11) is 0. The molecular weight excluding hydrogens is 334 g/mol. The van der Waals surface area contributed by atoms with Crippen LogP contribution in [-0.4, -0.2) is 69.5 Å². The third-order valence-corrected chi connectivity index (χ3v) is 5.74. The van der Waals surface area contributed by atoms with Crippen LogP contribution in [-0.2, 0) is 16.1 Å². The Bertz CT molecular complexity index is 705. The fourth-order valence-corrected chi connectivity index (χ4v) is 4.24. The quantitative estimate of drug-likeness (QED) is 0.738. The van der Waals surface area contributed by atoms with Gasteiger partial charge in [-0.2, -0.15) is 0 Å². The van der Waals surface area contributed by atoms with E-state index in [4.69, 9.17) is 0 Å². The summed E-state index contributed by atoms with van der Waals surface area (Å²) in [6, 6.07) is 0. The molecule has 0 spiro atoms. The minimum atomic E-state index is -0.976. The highest BCUT2D eigenvalue weighted by Crippen LogP contribution is 2.45. The average molecular weight is 359 g/mol. The van der Waals surface area contributed by atoms with Crippen LogP contribution < -0.4 is 5.32 Å². The SMILES string of the molecule is CCNc1ncc(CN2C[C@H]3C(=O)N(CC4CC4)C[C@@]3(C(=O)O)C2)cn1. The van der Waals surface area contributed by atoms with E-state index in [1.165, 1.54) is 0 Å². The van der Waals surface area contributed by atoms with Crippen molar-refractivity contribution in [2.24, 2.45) is 17.3 Å². The summed E-state index contributed by atoms with van der Waals surface area (Å²) in [5, 5.41) is 12.9. The number of carbonyl (C=O) groups excluding carboxylic acids is 1. The number of anilines is 1. The number of aliphatic carboxylic acids is 1. The van der Waals surface area contributed by atoms with Crippen LogP contribution >= 0.6 is 0 Å². The number of hydrogen-bond acceptors (Lipinski definition) is 6. The van der Waals surface area contributed by atoms with Crippen molar-refractivity contribution >= 4 is 17.8 Å². The van der Waals surface area contributed by atoms with E-state index in [1.54, 1.807) is 17.3 Å². The van der Waals surface area contributed by atoms with E-state index in [2.05, 4.69) is 20.2 Å². The molecule has 1 aliphatic carbocycles. The first-order valence-electron chi connectivity index (χ1n) is 9.31. The van der Waals surface area contributed by atoms with Gasteiger partial charge in [0.25, 0.3) is 0 Å². The van der Waals surface area contributed by atoms with Crippen molar-refractivity contribution in [2.45, 2.75) is 26.3 Å². The molecule has 2 N–H and O–H groups in total. The lowest BCUT2D eigenvalue weighted by atomic mass is 9.81. The molecule has 1 amide bonds. The predicted octanol–water partition coefficient (Wildman–Crippen LogP) is 0.663. The Kier molecular flexibility index (Phi) is 4.30. The minimum absolute atomic E-state index is 0.0144. The molecular formula is C18H25N5O3. The summed E-state index contributed by atoms with van der Waals surface area (Å²) in [5.74, 6) is -0.119. The minimum Gasteiger partial charge on any atom is -0.481 e. The summed E-state index contributed by atoms with van der Waals surface area (Å²) >= 11 is 0. The van der Waals surface area contributed by atoms with Crippen LogP contribution in [0.5, 0.6) is 0 Å². The molecule has 0 bridgehead atoms. The van der Waals surface area contributed by atoms with E-state index < -0.39 is 17.3 Å². The van der Waals surface area contributed by atoms with E-state index >= 15 is 0 Å². The number of nitrogens with zero attached hydrogens (tertiary/aromatic N) is 4. The van der Waals surface area contributed by atoms with E-state index in [0.717, 1.165) is 31.5 Å². The molecule has 0 radical (unpaired) electrons. The third kappa shape index (κ3) is 3.02. The maximum absolute atomic E-state index is 12.8. The van der Waals surface area contributed by atoms with Crippen molar-refractivity contribution in [3.05, 3.63) is 18.0 Å². The Morgan fingerprint density at radius 1 is 1.35 bits per heavy atom. The highest BCUT2D eigenvalue weighted by atomic mass is 16.4. The topological polar surface area (TPSA) is 98.7 Å². The number of rotatable bonds is 7. The summed E-state index contributed by atoms with van der Waals surface area (Å²) in [6.45, 7) is 5.26. The van der Waals surface area contributed by atoms with Gasteiger partial charge in [0.15, 0.2) is 0 Å². The Morgan fingerprint density at radius 3 is 2.65 bits per heavy atom. The van der Waals surface area contributed by atoms with Crippen LogP contribution in [0.1, 0.15) is 25.3 Å². The van der Waals surface area contributed by atoms with Crippen molar-refractivity contribution in [1.82, 2.24) is 19.8 Å². The highest BCUT2D eigenvalue weighted by molar-refractivity contribution is 5.92. The molecule has 4 rings (SSSR count). The second kappa shape index (κ2) is 6.50. The zero-order valence-corrected chi connectivity index (χ0v) is 15.0. The molecule has 8 heteroatoms. The maximum atomic E-state index is 12.8. The van der Waals surface area contributed by atoms with Crippen molar-refractivity contribution in [1.29, 1.82) is 0 Å². The first kappa shape index (κ1) is 17.2. The molecule has 8 nitrogen and oxygen atoms in total. The zero-order chi connectivity index (χ0) is 18.3. The standard InChI is InChI=1S/C18H25N5O3/c1-2-19-17-20-5-13(6-21-17)7-22-9-14-15(24)23(8-12-3-4-12)11-18(14,10-22)16(25)26/h5-6,12,14H,2-4,7-11H2,1H3,(H,25,26)(H,19,20,21)/t14-,18-/m0/s1. The summed E-state index contributed by atoms with van der Waals surface area (Å²) in [6.07, 6.45) is 5.83. The summed E-state index contributed by atoms with van der Waals surface area (Å²) in [4.78, 5) is 37.2. The largest absolute Gasteiger partial charge is 0.481 e. The van der Waals surface area contributed by atoms with E-state index in [1.807, 2.05) is 6.92 Å². The second-order valence-electron chi connectivity index (χ2n) is 7.79. The molecule has 140 valence electrons. The summed E-state index contributed by atoms with van der Waals surface area (Å²) < 4.78 is 0. The predicted molar refractivity (Wildman–Crippen MR) is 94.3 cm³/mol. The molecule has 1 aromatic rings. The first-order valence-corrected chi connectivity index (χ1v) is 9.31. The van der Waals surface area contributed by atoms with Gasteiger partial charge in [-0.1, -0.05) is 0 Å². The molecule has 3 aliphatic rings. The number of carbonyl (C=O) groups is 2. The Hall–Kier alpha value is -2.22. The molecule has 26 heavy (non-hydrogen) atoms. The van der Waals surface area contributed by atoms with Gasteiger partial charge in [-0.3, -0.25) is 14.5 Å². The van der Waals surface area contributed by atoms with Gasteiger partial charge < -0.3 is 15.3 Å². The van der Waals surface area contributed by atoms with Crippen molar-refractivity contribution in [3.63, 3.8) is 0 Å². The average Bonchev–Trinajstić information content (AvgIpc) is 3.29. The van der Waals surface area contributed by atoms with Gasteiger partial charge in [-0.15, -0.1) is 0 Å². The zero-order valence-electron chi connectivity index (χ0n) is 15.0. The van der Waals surface area contributed by atoms with Gasteiger partial charge in [0, 0.05) is 57.2 Å². The number of hydrogen-bond donors (Lipinski definition) is 2. The Labute approximate surface area is 152 Å². The Morgan fingerprint density at radius 2 is 2.08 bits per heavy atom. The monoisotopic (exact) mass is 359 g/mol. The van der Waals surface area contributed by atoms with Crippen molar-refractivity contribution in [2.75, 3.05) is 38.0 Å². The second-order valence-corrected chi connectivity index (χ2v) is 7.79. The molecule has 2 atom stereocenters. The molecule has 1 aromatic heterocycles. The number of fused-ring (bicyclic) bond motifs is 1. The number of likely N-dealkylation sites (tertiary alicyclic amines) is 2. The smallest absolute Gasteiger partial charge is 0.313 e. The van der Waals surface area contributed by atoms with E-state index in [-0.39, 0.29) is 5.91 Å². The molecule has 2 aliphatic heterocycles. The lowest BCUT2D eigenvalue weighted by Gasteiger charge is -2.25. The van der Waals surface area contributed by atoms with Crippen molar-refractivity contribution < 1.29 is 14.7 Å². The van der Waals surface area contributed by atoms with Gasteiger partial charge >= 0.3 is 5.97 Å². The van der Waals surface area contributed by atoms with Gasteiger partial charge in [-0.05, 0) is 25.7 Å². The highest BCUT2D eigenvalue weighted by Gasteiger charge is 2.62. The fraction of sp³-hybridized carbons (Fsp3) is 0.667. The van der Waals surface area contributed by atoms with Crippen LogP contribution in [0.4, 0.5) is 5.95 Å². The number of amides is 1. The van der Waals surface area contributed by atoms with Gasteiger partial charge in [0.05, 0.1) is 5.92 Å².